The van der Waals surface area contributed by atoms with Crippen LogP contribution in [-0.2, 0) is 4.79 Å². The van der Waals surface area contributed by atoms with E-state index in [-0.39, 0.29) is 12.5 Å². The Morgan fingerprint density at radius 1 is 1.03 bits per heavy atom. The number of hydrogen-bond acceptors (Lipinski definition) is 5. The van der Waals surface area contributed by atoms with E-state index >= 15 is 0 Å². The highest BCUT2D eigenvalue weighted by molar-refractivity contribution is 5.98. The molecule has 0 aliphatic rings. The summed E-state index contributed by atoms with van der Waals surface area (Å²) < 4.78 is 5.56. The number of benzene rings is 3. The molecule has 3 N–H and O–H groups in total. The summed E-state index contributed by atoms with van der Waals surface area (Å²) in [5, 5.41) is 6.90. The van der Waals surface area contributed by atoms with E-state index in [0.717, 1.165) is 16.8 Å². The fourth-order valence-corrected chi connectivity index (χ4v) is 2.66. The molecule has 0 aromatic heterocycles. The van der Waals surface area contributed by atoms with E-state index in [1.807, 2.05) is 68.4 Å². The molecule has 0 aliphatic heterocycles. The fraction of sp³-hybridized carbons (Fsp3) is 0.130. The monoisotopic (exact) mass is 389 g/mol. The van der Waals surface area contributed by atoms with Gasteiger partial charge >= 0.3 is 0 Å². The van der Waals surface area contributed by atoms with Crippen LogP contribution in [0.25, 0.3) is 0 Å². The van der Waals surface area contributed by atoms with Gasteiger partial charge in [0.05, 0.1) is 5.71 Å². The van der Waals surface area contributed by atoms with Crippen LogP contribution in [0.15, 0.2) is 78.0 Å². The van der Waals surface area contributed by atoms with Crippen LogP contribution in [-0.4, -0.2) is 18.2 Å². The zero-order valence-electron chi connectivity index (χ0n) is 16.4. The molecule has 0 bridgehead atoms. The Kier molecular flexibility index (Phi) is 6.47. The molecule has 0 saturated carbocycles. The van der Waals surface area contributed by atoms with Crippen LogP contribution in [0.4, 0.5) is 11.4 Å². The Bertz CT molecular complexity index is 1020. The number of nitrogen functional groups attached to an aromatic ring is 1. The van der Waals surface area contributed by atoms with Crippen LogP contribution >= 0.6 is 0 Å². The van der Waals surface area contributed by atoms with Crippen LogP contribution in [0.3, 0.4) is 0 Å². The number of carbonyl (C=O) groups excluding carboxylic acids is 1. The van der Waals surface area contributed by atoms with Crippen molar-refractivity contribution in [2.75, 3.05) is 17.7 Å². The molecule has 6 nitrogen and oxygen atoms in total. The van der Waals surface area contributed by atoms with E-state index < -0.39 is 0 Å². The molecule has 3 rings (SSSR count). The van der Waals surface area contributed by atoms with Gasteiger partial charge in [0.15, 0.2) is 12.4 Å². The first-order valence-corrected chi connectivity index (χ1v) is 9.17. The second-order valence-corrected chi connectivity index (χ2v) is 6.53. The van der Waals surface area contributed by atoms with Crippen molar-refractivity contribution in [1.29, 1.82) is 0 Å². The lowest BCUT2D eigenvalue weighted by Crippen LogP contribution is -2.20. The van der Waals surface area contributed by atoms with Gasteiger partial charge in [-0.2, -0.15) is 0 Å². The predicted molar refractivity (Wildman–Crippen MR) is 115 cm³/mol. The van der Waals surface area contributed by atoms with Crippen LogP contribution in [0.5, 0.6) is 11.5 Å². The number of amides is 1. The summed E-state index contributed by atoms with van der Waals surface area (Å²) in [5.74, 6) is 0.800. The number of aryl methyl sites for hydroxylation is 1. The molecule has 3 aromatic carbocycles. The number of para-hydroxylation sites is 1. The Balaban J connectivity index is 1.62. The molecule has 0 spiro atoms. The molecule has 0 aliphatic carbocycles. The first kappa shape index (κ1) is 19.9. The number of nitrogens with one attached hydrogen (secondary N) is 1. The summed E-state index contributed by atoms with van der Waals surface area (Å²) >= 11 is 0. The average molecular weight is 389 g/mol. The number of ether oxygens (including phenoxy) is 1. The third-order valence-corrected chi connectivity index (χ3v) is 4.14. The molecule has 3 aromatic rings. The topological polar surface area (TPSA) is 85.9 Å². The predicted octanol–water partition coefficient (Wildman–Crippen LogP) is 4.40. The molecule has 0 radical (unpaired) electrons. The highest BCUT2D eigenvalue weighted by Crippen LogP contribution is 2.23. The van der Waals surface area contributed by atoms with Crippen molar-refractivity contribution in [3.8, 4) is 11.5 Å². The molecule has 1 amide bonds. The van der Waals surface area contributed by atoms with Crippen LogP contribution < -0.4 is 20.6 Å². The van der Waals surface area contributed by atoms with Gasteiger partial charge in [-0.1, -0.05) is 53.7 Å². The third-order valence-electron chi connectivity index (χ3n) is 4.14. The largest absolute Gasteiger partial charge is 0.483 e. The van der Waals surface area contributed by atoms with Gasteiger partial charge in [-0.05, 0) is 37.1 Å². The number of hydrogen-bond donors (Lipinski definition) is 2. The average Bonchev–Trinajstić information content (AvgIpc) is 2.71. The summed E-state index contributed by atoms with van der Waals surface area (Å²) in [6.07, 6.45) is 0. The van der Waals surface area contributed by atoms with E-state index in [4.69, 9.17) is 15.3 Å². The molecule has 0 fully saturated rings. The van der Waals surface area contributed by atoms with Gasteiger partial charge in [0.1, 0.15) is 5.75 Å². The van der Waals surface area contributed by atoms with Crippen molar-refractivity contribution in [1.82, 2.24) is 0 Å². The Hall–Kier alpha value is -3.80. The number of nitrogens with zero attached hydrogens (tertiary/aromatic N) is 1. The lowest BCUT2D eigenvalue weighted by molar-refractivity contribution is -0.118. The normalized spacial score (nSPS) is 11.0. The maximum absolute atomic E-state index is 12.2. The second-order valence-electron chi connectivity index (χ2n) is 6.53. The second kappa shape index (κ2) is 9.41. The van der Waals surface area contributed by atoms with E-state index in [1.54, 1.807) is 18.2 Å². The van der Waals surface area contributed by atoms with E-state index in [9.17, 15) is 4.79 Å². The SMILES string of the molecule is C/C(=N/Oc1cc(N)cc(NC(=O)COc2ccccc2C)c1)c1ccccc1. The minimum absolute atomic E-state index is 0.110. The number of anilines is 2. The highest BCUT2D eigenvalue weighted by Gasteiger charge is 2.08. The van der Waals surface area contributed by atoms with Crippen molar-refractivity contribution in [2.24, 2.45) is 5.16 Å². The standard InChI is InChI=1S/C23H23N3O3/c1-16-8-6-7-11-22(16)28-15-23(27)25-20-12-19(24)13-21(14-20)29-26-17(2)18-9-4-3-5-10-18/h3-14H,15,24H2,1-2H3,(H,25,27)/b26-17-. The molecule has 0 unspecified atom stereocenters. The molecule has 0 heterocycles. The van der Waals surface area contributed by atoms with Crippen LogP contribution in [0.1, 0.15) is 18.1 Å². The van der Waals surface area contributed by atoms with Gasteiger partial charge in [-0.25, -0.2) is 0 Å². The zero-order valence-corrected chi connectivity index (χ0v) is 16.4. The first-order valence-electron chi connectivity index (χ1n) is 9.17. The number of nitrogens with two attached hydrogens (primary N) is 1. The Labute approximate surface area is 169 Å². The molecule has 0 saturated heterocycles. The number of carbonyl (C=O) groups is 1. The maximum atomic E-state index is 12.2. The molecule has 0 atom stereocenters. The van der Waals surface area contributed by atoms with E-state index in [0.29, 0.717) is 22.9 Å². The fourth-order valence-electron chi connectivity index (χ4n) is 2.66. The third kappa shape index (κ3) is 5.84. The minimum atomic E-state index is -0.297. The molecular formula is C23H23N3O3. The van der Waals surface area contributed by atoms with Gasteiger partial charge in [-0.15, -0.1) is 0 Å². The van der Waals surface area contributed by atoms with Gasteiger partial charge in [0.2, 0.25) is 0 Å². The van der Waals surface area contributed by atoms with E-state index in [2.05, 4.69) is 10.5 Å². The van der Waals surface area contributed by atoms with Crippen molar-refractivity contribution < 1.29 is 14.4 Å². The molecule has 6 heteroatoms. The van der Waals surface area contributed by atoms with Crippen molar-refractivity contribution in [3.05, 3.63) is 83.9 Å². The number of rotatable bonds is 7. The zero-order chi connectivity index (χ0) is 20.6. The smallest absolute Gasteiger partial charge is 0.262 e. The summed E-state index contributed by atoms with van der Waals surface area (Å²) in [5.41, 5.74) is 9.53. The van der Waals surface area contributed by atoms with Crippen molar-refractivity contribution in [2.45, 2.75) is 13.8 Å². The van der Waals surface area contributed by atoms with Gasteiger partial charge in [0, 0.05) is 23.5 Å². The van der Waals surface area contributed by atoms with Gasteiger partial charge in [-0.3, -0.25) is 4.79 Å². The molecule has 29 heavy (non-hydrogen) atoms. The lowest BCUT2D eigenvalue weighted by Gasteiger charge is -2.11. The molecular weight excluding hydrogens is 366 g/mol. The molecule has 148 valence electrons. The highest BCUT2D eigenvalue weighted by atomic mass is 16.6. The van der Waals surface area contributed by atoms with Crippen molar-refractivity contribution in [3.63, 3.8) is 0 Å². The van der Waals surface area contributed by atoms with Crippen molar-refractivity contribution >= 4 is 23.0 Å². The van der Waals surface area contributed by atoms with Gasteiger partial charge in [0.25, 0.3) is 5.91 Å². The van der Waals surface area contributed by atoms with Crippen LogP contribution in [0.2, 0.25) is 0 Å². The summed E-state index contributed by atoms with van der Waals surface area (Å²) in [6.45, 7) is 3.67. The number of oxime groups is 1. The minimum Gasteiger partial charge on any atom is -0.483 e. The maximum Gasteiger partial charge on any atom is 0.262 e. The summed E-state index contributed by atoms with van der Waals surface area (Å²) in [7, 11) is 0. The van der Waals surface area contributed by atoms with E-state index in [1.165, 1.54) is 0 Å². The first-order chi connectivity index (χ1) is 14.0. The quantitative estimate of drug-likeness (QED) is 0.356. The summed E-state index contributed by atoms with van der Waals surface area (Å²) in [6, 6.07) is 22.2. The van der Waals surface area contributed by atoms with Gasteiger partial charge < -0.3 is 20.6 Å². The Morgan fingerprint density at radius 2 is 1.76 bits per heavy atom. The Morgan fingerprint density at radius 3 is 2.52 bits per heavy atom. The summed E-state index contributed by atoms with van der Waals surface area (Å²) in [4.78, 5) is 17.7. The van der Waals surface area contributed by atoms with Crippen LogP contribution in [0, 0.1) is 6.92 Å². The lowest BCUT2D eigenvalue weighted by atomic mass is 10.1.